The molecule has 0 unspecified atom stereocenters. The normalized spacial score (nSPS) is 14.3. The van der Waals surface area contributed by atoms with E-state index in [1.807, 2.05) is 18.2 Å². The van der Waals surface area contributed by atoms with Gasteiger partial charge in [0.15, 0.2) is 0 Å². The van der Waals surface area contributed by atoms with Crippen LogP contribution in [0.25, 0.3) is 11.3 Å². The van der Waals surface area contributed by atoms with Crippen molar-refractivity contribution in [3.8, 4) is 11.3 Å². The zero-order valence-corrected chi connectivity index (χ0v) is 14.1. The van der Waals surface area contributed by atoms with E-state index in [-0.39, 0.29) is 5.82 Å². The molecule has 1 aromatic carbocycles. The molecule has 1 N–H and O–H groups in total. The molecule has 3 heterocycles. The van der Waals surface area contributed by atoms with Gasteiger partial charge in [0, 0.05) is 30.9 Å². The maximum atomic E-state index is 13.3. The maximum Gasteiger partial charge on any atom is 0.228 e. The first-order valence-corrected chi connectivity index (χ1v) is 8.43. The van der Waals surface area contributed by atoms with Gasteiger partial charge in [-0.15, -0.1) is 0 Å². The minimum Gasteiger partial charge on any atom is -0.378 e. The molecule has 0 saturated carbocycles. The van der Waals surface area contributed by atoms with Crippen LogP contribution >= 0.6 is 0 Å². The number of hydrogen-bond acceptors (Lipinski definition) is 6. The summed E-state index contributed by atoms with van der Waals surface area (Å²) >= 11 is 0. The fourth-order valence-electron chi connectivity index (χ4n) is 2.76. The molecule has 7 heteroatoms. The predicted molar refractivity (Wildman–Crippen MR) is 98.0 cm³/mol. The zero-order chi connectivity index (χ0) is 17.8. The molecule has 4 rings (SSSR count). The van der Waals surface area contributed by atoms with Crippen LogP contribution in [0.5, 0.6) is 0 Å². The number of benzene rings is 1. The van der Waals surface area contributed by atoms with E-state index in [9.17, 15) is 4.39 Å². The molecule has 0 spiro atoms. The van der Waals surface area contributed by atoms with E-state index in [1.165, 1.54) is 12.1 Å². The highest BCUT2D eigenvalue weighted by molar-refractivity contribution is 5.67. The first-order valence-electron chi connectivity index (χ1n) is 8.43. The summed E-state index contributed by atoms with van der Waals surface area (Å²) in [4.78, 5) is 15.5. The number of rotatable bonds is 4. The summed E-state index contributed by atoms with van der Waals surface area (Å²) in [6.45, 7) is 2.77. The van der Waals surface area contributed by atoms with E-state index in [1.54, 1.807) is 24.5 Å². The third-order valence-electron chi connectivity index (χ3n) is 4.08. The van der Waals surface area contributed by atoms with Crippen LogP contribution < -0.4 is 10.2 Å². The number of halogens is 1. The van der Waals surface area contributed by atoms with Gasteiger partial charge in [-0.3, -0.25) is 4.98 Å². The fourth-order valence-corrected chi connectivity index (χ4v) is 2.76. The van der Waals surface area contributed by atoms with Gasteiger partial charge in [0.2, 0.25) is 5.95 Å². The molecule has 132 valence electrons. The summed E-state index contributed by atoms with van der Waals surface area (Å²) in [6.07, 6.45) is 3.45. The molecule has 1 aliphatic heterocycles. The van der Waals surface area contributed by atoms with Crippen LogP contribution in [0.2, 0.25) is 0 Å². The van der Waals surface area contributed by atoms with Crippen molar-refractivity contribution < 1.29 is 9.13 Å². The molecule has 3 aromatic rings. The lowest BCUT2D eigenvalue weighted by atomic mass is 10.1. The van der Waals surface area contributed by atoms with Crippen molar-refractivity contribution in [3.05, 3.63) is 60.7 Å². The molecule has 1 aliphatic rings. The van der Waals surface area contributed by atoms with Crippen LogP contribution in [0.4, 0.5) is 21.8 Å². The fraction of sp³-hybridized carbons (Fsp3) is 0.211. The maximum absolute atomic E-state index is 13.3. The lowest BCUT2D eigenvalue weighted by Gasteiger charge is -2.27. The number of ether oxygens (including phenoxy) is 1. The highest BCUT2D eigenvalue weighted by atomic mass is 19.1. The molecule has 6 nitrogen and oxygen atoms in total. The molecule has 1 saturated heterocycles. The third kappa shape index (κ3) is 3.78. The Kier molecular flexibility index (Phi) is 4.70. The Balaban J connectivity index is 1.72. The minimum absolute atomic E-state index is 0.273. The molecule has 0 bridgehead atoms. The van der Waals surface area contributed by atoms with Crippen LogP contribution in [0, 0.1) is 5.82 Å². The van der Waals surface area contributed by atoms with Crippen molar-refractivity contribution in [2.24, 2.45) is 0 Å². The molecule has 2 aromatic heterocycles. The van der Waals surface area contributed by atoms with Gasteiger partial charge in [0.05, 0.1) is 30.8 Å². The smallest absolute Gasteiger partial charge is 0.228 e. The molecule has 1 fully saturated rings. The van der Waals surface area contributed by atoms with Crippen molar-refractivity contribution in [1.29, 1.82) is 0 Å². The van der Waals surface area contributed by atoms with E-state index in [0.717, 1.165) is 30.0 Å². The van der Waals surface area contributed by atoms with Crippen molar-refractivity contribution in [3.63, 3.8) is 0 Å². The van der Waals surface area contributed by atoms with Crippen molar-refractivity contribution in [2.45, 2.75) is 0 Å². The summed E-state index contributed by atoms with van der Waals surface area (Å²) < 4.78 is 18.7. The molecular formula is C19H18FN5O. The Morgan fingerprint density at radius 3 is 2.58 bits per heavy atom. The molecule has 0 radical (unpaired) electrons. The highest BCUT2D eigenvalue weighted by Crippen LogP contribution is 2.25. The molecule has 26 heavy (non-hydrogen) atoms. The quantitative estimate of drug-likeness (QED) is 0.778. The van der Waals surface area contributed by atoms with Gasteiger partial charge in [0.25, 0.3) is 0 Å². The number of hydrogen-bond donors (Lipinski definition) is 1. The van der Waals surface area contributed by atoms with Crippen molar-refractivity contribution >= 4 is 17.5 Å². The summed E-state index contributed by atoms with van der Waals surface area (Å²) in [5.74, 6) is 1.01. The average Bonchev–Trinajstić information content (AvgIpc) is 2.70. The summed E-state index contributed by atoms with van der Waals surface area (Å²) in [6, 6.07) is 11.9. The van der Waals surface area contributed by atoms with E-state index in [2.05, 4.69) is 25.2 Å². The Morgan fingerprint density at radius 2 is 1.85 bits per heavy atom. The van der Waals surface area contributed by atoms with E-state index < -0.39 is 0 Å². The lowest BCUT2D eigenvalue weighted by molar-refractivity contribution is 0.122. The van der Waals surface area contributed by atoms with Gasteiger partial charge < -0.3 is 15.0 Å². The van der Waals surface area contributed by atoms with Gasteiger partial charge in [0.1, 0.15) is 11.6 Å². The van der Waals surface area contributed by atoms with E-state index in [4.69, 9.17) is 4.74 Å². The van der Waals surface area contributed by atoms with Gasteiger partial charge in [-0.2, -0.15) is 4.98 Å². The van der Waals surface area contributed by atoms with Gasteiger partial charge in [-0.05, 0) is 36.4 Å². The van der Waals surface area contributed by atoms with Gasteiger partial charge in [-0.25, -0.2) is 9.37 Å². The van der Waals surface area contributed by atoms with Gasteiger partial charge >= 0.3 is 0 Å². The van der Waals surface area contributed by atoms with Gasteiger partial charge in [-0.1, -0.05) is 0 Å². The SMILES string of the molecule is Fc1ccc(-c2cc(Nc3cccnc3)nc(N3CCOCC3)n2)cc1. The molecular weight excluding hydrogens is 333 g/mol. The van der Waals surface area contributed by atoms with Crippen LogP contribution in [-0.4, -0.2) is 41.3 Å². The number of nitrogens with one attached hydrogen (secondary N) is 1. The second-order valence-corrected chi connectivity index (χ2v) is 5.91. The second-order valence-electron chi connectivity index (χ2n) is 5.91. The van der Waals surface area contributed by atoms with Crippen molar-refractivity contribution in [2.75, 3.05) is 36.5 Å². The van der Waals surface area contributed by atoms with Crippen LogP contribution in [0.3, 0.4) is 0 Å². The summed E-state index contributed by atoms with van der Waals surface area (Å²) in [5, 5.41) is 3.26. The highest BCUT2D eigenvalue weighted by Gasteiger charge is 2.16. The first kappa shape index (κ1) is 16.4. The number of anilines is 3. The standard InChI is InChI=1S/C19H18FN5O/c20-15-5-3-14(4-6-15)17-12-18(22-16-2-1-7-21-13-16)24-19(23-17)25-8-10-26-11-9-25/h1-7,12-13H,8-11H2,(H,22,23,24). The number of nitrogens with zero attached hydrogens (tertiary/aromatic N) is 4. The molecule has 0 aliphatic carbocycles. The lowest BCUT2D eigenvalue weighted by Crippen LogP contribution is -2.37. The minimum atomic E-state index is -0.273. The number of pyridine rings is 1. The average molecular weight is 351 g/mol. The second kappa shape index (κ2) is 7.45. The Morgan fingerprint density at radius 1 is 1.04 bits per heavy atom. The van der Waals surface area contributed by atoms with Crippen LogP contribution in [0.15, 0.2) is 54.9 Å². The van der Waals surface area contributed by atoms with Crippen LogP contribution in [0.1, 0.15) is 0 Å². The molecule has 0 amide bonds. The molecule has 0 atom stereocenters. The van der Waals surface area contributed by atoms with E-state index >= 15 is 0 Å². The zero-order valence-electron chi connectivity index (χ0n) is 14.1. The number of aromatic nitrogens is 3. The predicted octanol–water partition coefficient (Wildman–Crippen LogP) is 3.26. The summed E-state index contributed by atoms with van der Waals surface area (Å²) in [7, 11) is 0. The third-order valence-corrected chi connectivity index (χ3v) is 4.08. The monoisotopic (exact) mass is 351 g/mol. The van der Waals surface area contributed by atoms with E-state index in [0.29, 0.717) is 25.0 Å². The first-order chi connectivity index (χ1) is 12.8. The Hall–Kier alpha value is -3.06. The largest absolute Gasteiger partial charge is 0.378 e. The Labute approximate surface area is 150 Å². The Bertz CT molecular complexity index is 867. The summed E-state index contributed by atoms with van der Waals surface area (Å²) in [5.41, 5.74) is 2.40. The van der Waals surface area contributed by atoms with Crippen LogP contribution in [-0.2, 0) is 4.74 Å². The topological polar surface area (TPSA) is 63.2 Å². The number of morpholine rings is 1. The van der Waals surface area contributed by atoms with Crippen molar-refractivity contribution in [1.82, 2.24) is 15.0 Å².